The largest absolute Gasteiger partial charge is 0.444 e. The molecule has 0 aliphatic rings. The Balaban J connectivity index is 3.26. The maximum absolute atomic E-state index is 10.2. The quantitative estimate of drug-likeness (QED) is 0.328. The Labute approximate surface area is 70.0 Å². The van der Waals surface area contributed by atoms with Gasteiger partial charge in [-0.2, -0.15) is 0 Å². The molecule has 0 amide bonds. The second-order valence-corrected chi connectivity index (χ2v) is 1.93. The molecule has 0 fully saturated rings. The van der Waals surface area contributed by atoms with Crippen LogP contribution in [0.2, 0.25) is 0 Å². The van der Waals surface area contributed by atoms with Crippen molar-refractivity contribution in [1.29, 1.82) is 0 Å². The molecule has 1 aromatic heterocycles. The molecule has 0 aromatic carbocycles. The summed E-state index contributed by atoms with van der Waals surface area (Å²) in [5, 5.41) is 25.4. The van der Waals surface area contributed by atoms with Crippen LogP contribution in [0.3, 0.4) is 0 Å². The van der Waals surface area contributed by atoms with E-state index in [0.29, 0.717) is 0 Å². The lowest BCUT2D eigenvalue weighted by molar-refractivity contribution is -0.392. The topological polar surface area (TPSA) is 153 Å². The average molecular weight is 188 g/mol. The summed E-state index contributed by atoms with van der Waals surface area (Å²) >= 11 is 0. The van der Waals surface area contributed by atoms with Gasteiger partial charge in [0.05, 0.1) is 0 Å². The molecule has 1 heterocycles. The number of rotatable bonds is 3. The second-order valence-electron chi connectivity index (χ2n) is 1.93. The van der Waals surface area contributed by atoms with Crippen molar-refractivity contribution in [1.82, 2.24) is 10.2 Å². The minimum absolute atomic E-state index is 0.449. The summed E-state index contributed by atoms with van der Waals surface area (Å²) in [6.07, 6.45) is 0. The fraction of sp³-hybridized carbons (Fsp3) is 0. The van der Waals surface area contributed by atoms with Crippen molar-refractivity contribution in [2.24, 2.45) is 5.84 Å². The molecule has 10 heteroatoms. The van der Waals surface area contributed by atoms with E-state index in [-0.39, 0.29) is 0 Å². The Morgan fingerprint density at radius 1 is 1.38 bits per heavy atom. The minimum atomic E-state index is -0.890. The van der Waals surface area contributed by atoms with Crippen molar-refractivity contribution in [3.8, 4) is 0 Å². The van der Waals surface area contributed by atoms with Gasteiger partial charge in [-0.25, -0.2) is 5.84 Å². The first kappa shape index (κ1) is 8.86. The number of nitrogens with one attached hydrogen (secondary N) is 2. The van der Waals surface area contributed by atoms with Gasteiger partial charge in [0, 0.05) is 0 Å². The molecule has 4 N–H and O–H groups in total. The number of hydrogen-bond donors (Lipinski definition) is 3. The fourth-order valence-corrected chi connectivity index (χ4v) is 0.721. The number of nitro groups is 2. The van der Waals surface area contributed by atoms with Crippen LogP contribution in [-0.2, 0) is 0 Å². The van der Waals surface area contributed by atoms with Crippen LogP contribution in [0.1, 0.15) is 0 Å². The molecule has 0 spiro atoms. The molecule has 0 saturated heterocycles. The first-order chi connectivity index (χ1) is 6.07. The Kier molecular flexibility index (Phi) is 2.06. The summed E-state index contributed by atoms with van der Waals surface area (Å²) in [7, 11) is 0. The molecule has 0 aliphatic carbocycles. The number of H-pyrrole nitrogens is 1. The maximum Gasteiger partial charge on any atom is 0.444 e. The molecule has 0 aliphatic heterocycles. The van der Waals surface area contributed by atoms with Crippen LogP contribution in [0.5, 0.6) is 0 Å². The molecule has 0 unspecified atom stereocenters. The number of anilines is 1. The molecule has 13 heavy (non-hydrogen) atoms. The monoisotopic (exact) mass is 188 g/mol. The molecule has 0 atom stereocenters. The molecule has 0 radical (unpaired) electrons. The SMILES string of the molecule is NNc1c([N+](=O)[O-])n[nH]c1[N+](=O)[O-]. The lowest BCUT2D eigenvalue weighted by Crippen LogP contribution is -2.09. The number of hydrogen-bond acceptors (Lipinski definition) is 7. The standard InChI is InChI=1S/C3H4N6O4/c4-5-1-2(8(10)11)6-7-3(1)9(12)13/h5H,4H2,(H,6,7). The molecule has 10 nitrogen and oxygen atoms in total. The van der Waals surface area contributed by atoms with Gasteiger partial charge in [-0.1, -0.05) is 0 Å². The van der Waals surface area contributed by atoms with E-state index >= 15 is 0 Å². The minimum Gasteiger partial charge on any atom is -0.358 e. The van der Waals surface area contributed by atoms with Crippen LogP contribution in [0, 0.1) is 20.2 Å². The van der Waals surface area contributed by atoms with Gasteiger partial charge in [0.2, 0.25) is 0 Å². The summed E-state index contributed by atoms with van der Waals surface area (Å²) in [5.41, 5.74) is 1.38. The van der Waals surface area contributed by atoms with Crippen molar-refractivity contribution in [2.45, 2.75) is 0 Å². The third-order valence-corrected chi connectivity index (χ3v) is 1.23. The van der Waals surface area contributed by atoms with E-state index in [1.54, 1.807) is 0 Å². The molecule has 0 bridgehead atoms. The van der Waals surface area contributed by atoms with Gasteiger partial charge in [0.1, 0.15) is 5.10 Å². The highest BCUT2D eigenvalue weighted by molar-refractivity contribution is 5.67. The smallest absolute Gasteiger partial charge is 0.358 e. The van der Waals surface area contributed by atoms with Gasteiger partial charge in [-0.3, -0.25) is 0 Å². The van der Waals surface area contributed by atoms with Crippen molar-refractivity contribution in [3.63, 3.8) is 0 Å². The maximum atomic E-state index is 10.2. The highest BCUT2D eigenvalue weighted by atomic mass is 16.6. The summed E-state index contributed by atoms with van der Waals surface area (Å²) in [4.78, 5) is 18.7. The van der Waals surface area contributed by atoms with E-state index in [1.807, 2.05) is 10.5 Å². The number of nitrogens with two attached hydrogens (primary N) is 1. The van der Waals surface area contributed by atoms with E-state index in [4.69, 9.17) is 5.84 Å². The first-order valence-electron chi connectivity index (χ1n) is 2.91. The highest BCUT2D eigenvalue weighted by Crippen LogP contribution is 2.29. The fourth-order valence-electron chi connectivity index (χ4n) is 0.721. The van der Waals surface area contributed by atoms with E-state index < -0.39 is 27.2 Å². The summed E-state index contributed by atoms with van der Waals surface area (Å²) in [5.74, 6) is 3.49. The van der Waals surface area contributed by atoms with Gasteiger partial charge in [-0.15, -0.1) is 0 Å². The molecule has 70 valence electrons. The molecular formula is C3H4N6O4. The van der Waals surface area contributed by atoms with Crippen LogP contribution in [0.4, 0.5) is 17.3 Å². The van der Waals surface area contributed by atoms with Gasteiger partial charge >= 0.3 is 11.6 Å². The average Bonchev–Trinajstić information content (AvgIpc) is 2.46. The predicted octanol–water partition coefficient (Wildman–Crippen LogP) is -0.488. The lowest BCUT2D eigenvalue weighted by atomic mass is 10.5. The lowest BCUT2D eigenvalue weighted by Gasteiger charge is -1.94. The Morgan fingerprint density at radius 3 is 2.38 bits per heavy atom. The van der Waals surface area contributed by atoms with Crippen LogP contribution < -0.4 is 11.3 Å². The zero-order valence-corrected chi connectivity index (χ0v) is 6.05. The second kappa shape index (κ2) is 3.02. The van der Waals surface area contributed by atoms with E-state index in [9.17, 15) is 20.2 Å². The Hall–Kier alpha value is -2.23. The summed E-state index contributed by atoms with van der Waals surface area (Å²) < 4.78 is 0. The number of aromatic nitrogens is 2. The van der Waals surface area contributed by atoms with Crippen LogP contribution in [0.15, 0.2) is 0 Å². The zero-order valence-electron chi connectivity index (χ0n) is 6.05. The van der Waals surface area contributed by atoms with Crippen molar-refractivity contribution < 1.29 is 9.85 Å². The van der Waals surface area contributed by atoms with Crippen molar-refractivity contribution in [2.75, 3.05) is 5.43 Å². The van der Waals surface area contributed by atoms with Gasteiger partial charge in [0.25, 0.3) is 5.69 Å². The number of nitrogens with zero attached hydrogens (tertiary/aromatic N) is 3. The van der Waals surface area contributed by atoms with Crippen molar-refractivity contribution >= 4 is 17.3 Å². The number of aromatic amines is 1. The van der Waals surface area contributed by atoms with E-state index in [0.717, 1.165) is 0 Å². The first-order valence-corrected chi connectivity index (χ1v) is 2.91. The summed E-state index contributed by atoms with van der Waals surface area (Å²) in [6.45, 7) is 0. The normalized spacial score (nSPS) is 9.62. The van der Waals surface area contributed by atoms with E-state index in [1.165, 1.54) is 0 Å². The van der Waals surface area contributed by atoms with Gasteiger partial charge < -0.3 is 25.7 Å². The van der Waals surface area contributed by atoms with Crippen LogP contribution in [0.25, 0.3) is 0 Å². The third-order valence-electron chi connectivity index (χ3n) is 1.23. The van der Waals surface area contributed by atoms with Gasteiger partial charge in [0.15, 0.2) is 0 Å². The number of nitrogen functional groups attached to an aromatic ring is 1. The summed E-state index contributed by atoms with van der Waals surface area (Å²) in [6, 6.07) is 0. The number of hydrazine groups is 1. The van der Waals surface area contributed by atoms with Crippen molar-refractivity contribution in [3.05, 3.63) is 20.2 Å². The van der Waals surface area contributed by atoms with E-state index in [2.05, 4.69) is 5.10 Å². The molecular weight excluding hydrogens is 184 g/mol. The predicted molar refractivity (Wildman–Crippen MR) is 39.7 cm³/mol. The third kappa shape index (κ3) is 1.37. The molecule has 1 rings (SSSR count). The highest BCUT2D eigenvalue weighted by Gasteiger charge is 2.30. The molecule has 1 aromatic rings. The van der Waals surface area contributed by atoms with Gasteiger partial charge in [-0.05, 0) is 14.9 Å². The molecule has 0 saturated carbocycles. The van der Waals surface area contributed by atoms with Crippen LogP contribution in [-0.4, -0.2) is 20.0 Å². The Morgan fingerprint density at radius 2 is 2.00 bits per heavy atom. The van der Waals surface area contributed by atoms with Crippen LogP contribution >= 0.6 is 0 Å². The zero-order chi connectivity index (χ0) is 10.0. The Bertz CT molecular complexity index is 325.